The molecule has 4 nitrogen and oxygen atoms in total. The molecule has 1 N–H and O–H groups in total. The quantitative estimate of drug-likeness (QED) is 0.515. The van der Waals surface area contributed by atoms with Gasteiger partial charge in [-0.1, -0.05) is 28.1 Å². The second kappa shape index (κ2) is 10.2. The fourth-order valence-electron chi connectivity index (χ4n) is 3.01. The Balaban J connectivity index is 1.39. The molecule has 2 heterocycles. The van der Waals surface area contributed by atoms with Gasteiger partial charge in [0.2, 0.25) is 5.91 Å². The Morgan fingerprint density at radius 2 is 1.89 bits per heavy atom. The van der Waals surface area contributed by atoms with Crippen molar-refractivity contribution in [2.75, 3.05) is 46.3 Å². The van der Waals surface area contributed by atoms with E-state index < -0.39 is 0 Å². The van der Waals surface area contributed by atoms with Crippen LogP contribution in [0.15, 0.2) is 46.9 Å². The summed E-state index contributed by atoms with van der Waals surface area (Å²) < 4.78 is 1.08. The predicted molar refractivity (Wildman–Crippen MR) is 118 cm³/mol. The van der Waals surface area contributed by atoms with E-state index in [4.69, 9.17) is 0 Å². The molecule has 0 spiro atoms. The minimum atomic E-state index is -0.0213. The molecule has 1 aliphatic rings. The second-order valence-electron chi connectivity index (χ2n) is 6.83. The van der Waals surface area contributed by atoms with Crippen molar-refractivity contribution in [2.24, 2.45) is 0 Å². The average Bonchev–Trinajstić information content (AvgIpc) is 3.14. The van der Waals surface area contributed by atoms with Gasteiger partial charge in [-0.15, -0.1) is 11.3 Å². The van der Waals surface area contributed by atoms with Crippen molar-refractivity contribution < 1.29 is 4.79 Å². The normalized spacial score (nSPS) is 16.1. The third-order valence-electron chi connectivity index (χ3n) is 4.70. The number of carbonyl (C=O) groups is 1. The minimum absolute atomic E-state index is 0.0213. The lowest BCUT2D eigenvalue weighted by atomic mass is 10.2. The molecule has 3 rings (SSSR count). The molecule has 1 aliphatic heterocycles. The van der Waals surface area contributed by atoms with Gasteiger partial charge in [0.15, 0.2) is 0 Å². The largest absolute Gasteiger partial charge is 0.353 e. The molecule has 0 bridgehead atoms. The van der Waals surface area contributed by atoms with Crippen LogP contribution < -0.4 is 5.32 Å². The third kappa shape index (κ3) is 6.57. The summed E-state index contributed by atoms with van der Waals surface area (Å²) in [6.45, 7) is 6.31. The Morgan fingerprint density at radius 1 is 1.15 bits per heavy atom. The molecule has 2 aromatic rings. The molecule has 6 heteroatoms. The first-order chi connectivity index (χ1) is 13.1. The maximum atomic E-state index is 12.0. The van der Waals surface area contributed by atoms with Crippen molar-refractivity contribution in [3.63, 3.8) is 0 Å². The van der Waals surface area contributed by atoms with E-state index in [0.29, 0.717) is 0 Å². The molecule has 1 amide bonds. The first-order valence-electron chi connectivity index (χ1n) is 9.33. The number of benzene rings is 1. The fourth-order valence-corrected chi connectivity index (χ4v) is 4.19. The number of hydrogen-bond acceptors (Lipinski definition) is 4. The van der Waals surface area contributed by atoms with Crippen LogP contribution in [0.5, 0.6) is 0 Å². The number of halogens is 1. The van der Waals surface area contributed by atoms with Crippen LogP contribution in [-0.2, 0) is 4.79 Å². The van der Waals surface area contributed by atoms with Crippen LogP contribution >= 0.6 is 27.3 Å². The summed E-state index contributed by atoms with van der Waals surface area (Å²) in [6.07, 6.45) is 4.52. The Bertz CT molecular complexity index is 764. The zero-order valence-electron chi connectivity index (χ0n) is 15.7. The van der Waals surface area contributed by atoms with E-state index in [2.05, 4.69) is 62.4 Å². The van der Waals surface area contributed by atoms with E-state index in [0.717, 1.165) is 55.0 Å². The zero-order chi connectivity index (χ0) is 19.1. The summed E-state index contributed by atoms with van der Waals surface area (Å²) in [5, 5.41) is 2.98. The fraction of sp³-hybridized carbons (Fsp3) is 0.381. The molecule has 0 aliphatic carbocycles. The average molecular weight is 448 g/mol. The molecule has 144 valence electrons. The van der Waals surface area contributed by atoms with Gasteiger partial charge in [-0.2, -0.15) is 0 Å². The van der Waals surface area contributed by atoms with Crippen molar-refractivity contribution in [1.82, 2.24) is 15.1 Å². The van der Waals surface area contributed by atoms with Crippen LogP contribution in [-0.4, -0.2) is 62.0 Å². The van der Waals surface area contributed by atoms with Crippen molar-refractivity contribution >= 4 is 39.2 Å². The van der Waals surface area contributed by atoms with Gasteiger partial charge in [-0.3, -0.25) is 4.79 Å². The Morgan fingerprint density at radius 3 is 2.63 bits per heavy atom. The zero-order valence-corrected chi connectivity index (χ0v) is 18.1. The van der Waals surface area contributed by atoms with Crippen LogP contribution in [0.3, 0.4) is 0 Å². The predicted octanol–water partition coefficient (Wildman–Crippen LogP) is 3.94. The number of carbonyl (C=O) groups excluding carboxylic acids is 1. The van der Waals surface area contributed by atoms with Crippen LogP contribution in [0.2, 0.25) is 0 Å². The summed E-state index contributed by atoms with van der Waals surface area (Å²) >= 11 is 5.15. The van der Waals surface area contributed by atoms with Gasteiger partial charge in [-0.25, -0.2) is 0 Å². The number of hydrogen-bond donors (Lipinski definition) is 1. The maximum absolute atomic E-state index is 12.0. The molecule has 0 radical (unpaired) electrons. The Hall–Kier alpha value is -1.47. The summed E-state index contributed by atoms with van der Waals surface area (Å²) in [7, 11) is 2.17. The maximum Gasteiger partial charge on any atom is 0.244 e. The first-order valence-corrected chi connectivity index (χ1v) is 10.9. The van der Waals surface area contributed by atoms with E-state index in [1.54, 1.807) is 17.4 Å². The number of amides is 1. The molecule has 0 saturated carbocycles. The standard InChI is InChI=1S/C21H26BrN3OS/c1-24-13-15-25(16-14-24)12-2-11-23-21(26)10-8-19-7-9-20(27-19)17-3-5-18(22)6-4-17/h3-10H,2,11-16H2,1H3,(H,23,26)/b10-8+. The van der Waals surface area contributed by atoms with Crippen molar-refractivity contribution in [2.45, 2.75) is 6.42 Å². The smallest absolute Gasteiger partial charge is 0.244 e. The van der Waals surface area contributed by atoms with Crippen LogP contribution in [0.4, 0.5) is 0 Å². The van der Waals surface area contributed by atoms with E-state index in [1.807, 2.05) is 18.2 Å². The van der Waals surface area contributed by atoms with Crippen molar-refractivity contribution in [3.05, 3.63) is 51.8 Å². The van der Waals surface area contributed by atoms with Gasteiger partial charge in [0.05, 0.1) is 0 Å². The van der Waals surface area contributed by atoms with Crippen LogP contribution in [0.25, 0.3) is 16.5 Å². The number of piperazine rings is 1. The first kappa shape index (κ1) is 20.3. The third-order valence-corrected chi connectivity index (χ3v) is 6.33. The highest BCUT2D eigenvalue weighted by Crippen LogP contribution is 2.29. The van der Waals surface area contributed by atoms with Crippen LogP contribution in [0.1, 0.15) is 11.3 Å². The minimum Gasteiger partial charge on any atom is -0.353 e. The molecule has 27 heavy (non-hydrogen) atoms. The highest BCUT2D eigenvalue weighted by atomic mass is 79.9. The number of likely N-dealkylation sites (N-methyl/N-ethyl adjacent to an activating group) is 1. The molecule has 1 aromatic carbocycles. The number of nitrogens with zero attached hydrogens (tertiary/aromatic N) is 2. The van der Waals surface area contributed by atoms with Crippen molar-refractivity contribution in [3.8, 4) is 10.4 Å². The highest BCUT2D eigenvalue weighted by Gasteiger charge is 2.12. The molecular weight excluding hydrogens is 422 g/mol. The summed E-state index contributed by atoms with van der Waals surface area (Å²) in [5.41, 5.74) is 1.19. The van der Waals surface area contributed by atoms with E-state index in [1.165, 1.54) is 10.4 Å². The van der Waals surface area contributed by atoms with Crippen molar-refractivity contribution in [1.29, 1.82) is 0 Å². The van der Waals surface area contributed by atoms with Crippen LogP contribution in [0, 0.1) is 0 Å². The van der Waals surface area contributed by atoms with Gasteiger partial charge in [-0.05, 0) is 55.9 Å². The van der Waals surface area contributed by atoms with Gasteiger partial charge in [0.25, 0.3) is 0 Å². The summed E-state index contributed by atoms with van der Waals surface area (Å²) in [6, 6.07) is 12.4. The Labute approximate surface area is 174 Å². The van der Waals surface area contributed by atoms with E-state index in [9.17, 15) is 4.79 Å². The molecule has 1 aromatic heterocycles. The van der Waals surface area contributed by atoms with E-state index >= 15 is 0 Å². The lowest BCUT2D eigenvalue weighted by Crippen LogP contribution is -2.45. The van der Waals surface area contributed by atoms with Gasteiger partial charge in [0.1, 0.15) is 0 Å². The lowest BCUT2D eigenvalue weighted by Gasteiger charge is -2.32. The van der Waals surface area contributed by atoms with Gasteiger partial charge >= 0.3 is 0 Å². The monoisotopic (exact) mass is 447 g/mol. The number of rotatable bonds is 7. The topological polar surface area (TPSA) is 35.6 Å². The SMILES string of the molecule is CN1CCN(CCCNC(=O)/C=C/c2ccc(-c3ccc(Br)cc3)s2)CC1. The highest BCUT2D eigenvalue weighted by molar-refractivity contribution is 9.10. The van der Waals surface area contributed by atoms with E-state index in [-0.39, 0.29) is 5.91 Å². The Kier molecular flexibility index (Phi) is 7.64. The van der Waals surface area contributed by atoms with Gasteiger partial charge in [0, 0.05) is 53.0 Å². The number of nitrogens with one attached hydrogen (secondary N) is 1. The second-order valence-corrected chi connectivity index (χ2v) is 8.86. The summed E-state index contributed by atoms with van der Waals surface area (Å²) in [5.74, 6) is -0.0213. The molecule has 1 fully saturated rings. The van der Waals surface area contributed by atoms with Gasteiger partial charge < -0.3 is 15.1 Å². The number of thiophene rings is 1. The molecular formula is C21H26BrN3OS. The molecule has 1 saturated heterocycles. The molecule has 0 atom stereocenters. The lowest BCUT2D eigenvalue weighted by molar-refractivity contribution is -0.116. The summed E-state index contributed by atoms with van der Waals surface area (Å²) in [4.78, 5) is 19.1. The molecule has 0 unspecified atom stereocenters.